The van der Waals surface area contributed by atoms with Crippen molar-refractivity contribution in [1.29, 1.82) is 0 Å². The van der Waals surface area contributed by atoms with Gasteiger partial charge in [0, 0.05) is 31.1 Å². The molecule has 178 valence electrons. The van der Waals surface area contributed by atoms with E-state index in [-0.39, 0.29) is 11.2 Å². The molecule has 1 aliphatic heterocycles. The smallest absolute Gasteiger partial charge is 0.232 e. The number of nitrogens with zero attached hydrogens (tertiary/aromatic N) is 3. The molecule has 1 saturated heterocycles. The number of aromatic nitrogens is 2. The van der Waals surface area contributed by atoms with Gasteiger partial charge in [-0.25, -0.2) is 9.37 Å². The Bertz CT molecular complexity index is 954. The fourth-order valence-corrected chi connectivity index (χ4v) is 5.81. The molecule has 2 atom stereocenters. The molecule has 1 aromatic carbocycles. The fourth-order valence-electron chi connectivity index (χ4n) is 5.47. The Balaban J connectivity index is 1.43. The van der Waals surface area contributed by atoms with Crippen LogP contribution in [0.5, 0.6) is 0 Å². The van der Waals surface area contributed by atoms with Crippen molar-refractivity contribution in [3.05, 3.63) is 46.9 Å². The Morgan fingerprint density at radius 2 is 1.79 bits per heavy atom. The van der Waals surface area contributed by atoms with Crippen molar-refractivity contribution in [2.45, 2.75) is 57.8 Å². The molecule has 0 amide bonds. The monoisotopic (exact) mass is 489 g/mol. The zero-order valence-corrected chi connectivity index (χ0v) is 21.0. The first kappa shape index (κ1) is 24.1. The second-order valence-corrected chi connectivity index (χ2v) is 10.7. The van der Waals surface area contributed by atoms with Crippen LogP contribution in [0.25, 0.3) is 0 Å². The summed E-state index contributed by atoms with van der Waals surface area (Å²) < 4.78 is 13.5. The minimum atomic E-state index is -0.207. The quantitative estimate of drug-likeness (QED) is 0.400. The summed E-state index contributed by atoms with van der Waals surface area (Å²) in [6.45, 7) is 7.14. The minimum Gasteiger partial charge on any atom is -0.361 e. The summed E-state index contributed by atoms with van der Waals surface area (Å²) in [5.41, 5.74) is 1.10. The van der Waals surface area contributed by atoms with Crippen LogP contribution in [-0.4, -0.2) is 34.7 Å². The molecule has 0 spiro atoms. The number of rotatable bonds is 5. The number of anilines is 2. The molecule has 2 aromatic rings. The Hall–Kier alpha value is -1.99. The standard InChI is InChI=1S/C25H33ClFN5S/c1-17-12-18(2)15-32(14-17)22-13-21(26)29-23(30-22)31-24(33)28-16-25(10-4-3-5-11-25)19-6-8-20(27)9-7-19/h6-9,13,17-18H,3-5,10-12,14-16H2,1-2H3,(H2,28,29,30,31,33)/t17-,18+. The number of halogens is 2. The van der Waals surface area contributed by atoms with Gasteiger partial charge in [0.25, 0.3) is 0 Å². The number of hydrogen-bond donors (Lipinski definition) is 2. The summed E-state index contributed by atoms with van der Waals surface area (Å²) in [5, 5.41) is 7.37. The average molecular weight is 490 g/mol. The molecule has 4 rings (SSSR count). The van der Waals surface area contributed by atoms with E-state index in [0.717, 1.165) is 50.2 Å². The minimum absolute atomic E-state index is 0.0574. The van der Waals surface area contributed by atoms with E-state index in [1.807, 2.05) is 18.2 Å². The molecule has 1 saturated carbocycles. The van der Waals surface area contributed by atoms with E-state index in [4.69, 9.17) is 28.8 Å². The molecule has 1 aliphatic carbocycles. The molecule has 0 radical (unpaired) electrons. The number of nitrogens with one attached hydrogen (secondary N) is 2. The Morgan fingerprint density at radius 1 is 1.12 bits per heavy atom. The van der Waals surface area contributed by atoms with Gasteiger partial charge in [-0.3, -0.25) is 0 Å². The van der Waals surface area contributed by atoms with Gasteiger partial charge in [0.15, 0.2) is 5.11 Å². The maximum absolute atomic E-state index is 13.5. The maximum Gasteiger partial charge on any atom is 0.232 e. The van der Waals surface area contributed by atoms with Crippen LogP contribution in [0.4, 0.5) is 16.2 Å². The summed E-state index contributed by atoms with van der Waals surface area (Å²) in [6, 6.07) is 8.73. The second kappa shape index (κ2) is 10.5. The van der Waals surface area contributed by atoms with Crippen molar-refractivity contribution in [1.82, 2.24) is 15.3 Å². The van der Waals surface area contributed by atoms with Crippen molar-refractivity contribution < 1.29 is 4.39 Å². The van der Waals surface area contributed by atoms with Crippen molar-refractivity contribution in [2.75, 3.05) is 29.9 Å². The first-order valence-corrected chi connectivity index (χ1v) is 12.7. The van der Waals surface area contributed by atoms with Crippen molar-refractivity contribution in [3.8, 4) is 0 Å². The van der Waals surface area contributed by atoms with Gasteiger partial charge < -0.3 is 15.5 Å². The molecule has 2 heterocycles. The maximum atomic E-state index is 13.5. The summed E-state index contributed by atoms with van der Waals surface area (Å²) in [5.74, 6) is 2.25. The van der Waals surface area contributed by atoms with Gasteiger partial charge in [-0.15, -0.1) is 0 Å². The van der Waals surface area contributed by atoms with E-state index in [1.54, 1.807) is 12.1 Å². The number of thiocarbonyl (C=S) groups is 1. The van der Waals surface area contributed by atoms with Crippen LogP contribution in [0.1, 0.15) is 57.9 Å². The van der Waals surface area contributed by atoms with Crippen LogP contribution >= 0.6 is 23.8 Å². The summed E-state index contributed by atoms with van der Waals surface area (Å²) in [6.07, 6.45) is 6.89. The highest BCUT2D eigenvalue weighted by Crippen LogP contribution is 2.39. The third-order valence-electron chi connectivity index (χ3n) is 6.95. The second-order valence-electron chi connectivity index (χ2n) is 9.88. The lowest BCUT2D eigenvalue weighted by atomic mass is 9.69. The predicted octanol–water partition coefficient (Wildman–Crippen LogP) is 5.94. The highest BCUT2D eigenvalue weighted by atomic mass is 35.5. The normalized spacial score (nSPS) is 22.6. The summed E-state index contributed by atoms with van der Waals surface area (Å²) in [4.78, 5) is 11.3. The zero-order chi connectivity index (χ0) is 23.4. The molecule has 2 aliphatic rings. The van der Waals surface area contributed by atoms with Crippen LogP contribution in [0.3, 0.4) is 0 Å². The van der Waals surface area contributed by atoms with Crippen molar-refractivity contribution in [3.63, 3.8) is 0 Å². The van der Waals surface area contributed by atoms with Crippen LogP contribution in [0, 0.1) is 17.7 Å². The molecular formula is C25H33ClFN5S. The summed E-state index contributed by atoms with van der Waals surface area (Å²) in [7, 11) is 0. The fraction of sp³-hybridized carbons (Fsp3) is 0.560. The Kier molecular flexibility index (Phi) is 7.69. The SMILES string of the molecule is C[C@@H]1C[C@H](C)CN(c2cc(Cl)nc(NC(=S)NCC3(c4ccc(F)cc4)CCCCC3)n2)C1. The van der Waals surface area contributed by atoms with E-state index >= 15 is 0 Å². The zero-order valence-electron chi connectivity index (χ0n) is 19.4. The number of piperidine rings is 1. The molecule has 1 aromatic heterocycles. The van der Waals surface area contributed by atoms with E-state index in [0.29, 0.717) is 34.6 Å². The van der Waals surface area contributed by atoms with Gasteiger partial charge in [0.2, 0.25) is 5.95 Å². The van der Waals surface area contributed by atoms with Gasteiger partial charge in [-0.05, 0) is 61.0 Å². The van der Waals surface area contributed by atoms with Crippen LogP contribution < -0.4 is 15.5 Å². The molecule has 2 fully saturated rings. The predicted molar refractivity (Wildman–Crippen MR) is 138 cm³/mol. The number of hydrogen-bond acceptors (Lipinski definition) is 4. The Morgan fingerprint density at radius 3 is 2.45 bits per heavy atom. The third kappa shape index (κ3) is 6.12. The van der Waals surface area contributed by atoms with Gasteiger partial charge >= 0.3 is 0 Å². The molecule has 2 N–H and O–H groups in total. The topological polar surface area (TPSA) is 53.1 Å². The molecule has 0 bridgehead atoms. The lowest BCUT2D eigenvalue weighted by Gasteiger charge is -2.38. The van der Waals surface area contributed by atoms with Gasteiger partial charge in [-0.1, -0.05) is 56.8 Å². The Labute approximate surface area is 206 Å². The van der Waals surface area contributed by atoms with Crippen molar-refractivity contribution >= 4 is 40.7 Å². The third-order valence-corrected chi connectivity index (χ3v) is 7.39. The molecular weight excluding hydrogens is 457 g/mol. The van der Waals surface area contributed by atoms with E-state index in [1.165, 1.54) is 12.8 Å². The van der Waals surface area contributed by atoms with Crippen molar-refractivity contribution in [2.24, 2.45) is 11.8 Å². The van der Waals surface area contributed by atoms with Gasteiger partial charge in [0.1, 0.15) is 16.8 Å². The van der Waals surface area contributed by atoms with E-state index in [2.05, 4.69) is 34.4 Å². The average Bonchev–Trinajstić information content (AvgIpc) is 2.78. The molecule has 5 nitrogen and oxygen atoms in total. The molecule has 0 unspecified atom stereocenters. The molecule has 8 heteroatoms. The highest BCUT2D eigenvalue weighted by Gasteiger charge is 2.34. The van der Waals surface area contributed by atoms with Gasteiger partial charge in [0.05, 0.1) is 0 Å². The summed E-state index contributed by atoms with van der Waals surface area (Å²) >= 11 is 11.9. The van der Waals surface area contributed by atoms with E-state index in [9.17, 15) is 4.39 Å². The number of benzene rings is 1. The van der Waals surface area contributed by atoms with Crippen LogP contribution in [0.2, 0.25) is 5.15 Å². The molecule has 33 heavy (non-hydrogen) atoms. The highest BCUT2D eigenvalue weighted by molar-refractivity contribution is 7.80. The van der Waals surface area contributed by atoms with Crippen LogP contribution in [-0.2, 0) is 5.41 Å². The van der Waals surface area contributed by atoms with Crippen LogP contribution in [0.15, 0.2) is 30.3 Å². The largest absolute Gasteiger partial charge is 0.361 e. The van der Waals surface area contributed by atoms with E-state index < -0.39 is 0 Å². The van der Waals surface area contributed by atoms with Gasteiger partial charge in [-0.2, -0.15) is 4.98 Å². The first-order valence-electron chi connectivity index (χ1n) is 11.9. The lowest BCUT2D eigenvalue weighted by Crippen LogP contribution is -2.43. The lowest BCUT2D eigenvalue weighted by molar-refractivity contribution is 0.292. The first-order chi connectivity index (χ1) is 15.8.